The molecule has 5 nitrogen and oxygen atoms in total. The molecule has 0 N–H and O–H groups in total. The van der Waals surface area contributed by atoms with Crippen molar-refractivity contribution in [1.82, 2.24) is 4.90 Å². The van der Waals surface area contributed by atoms with E-state index in [0.717, 1.165) is 35.8 Å². The van der Waals surface area contributed by atoms with Crippen LogP contribution in [0.5, 0.6) is 0 Å². The number of nitrogens with zero attached hydrogens (tertiary/aromatic N) is 1. The number of benzene rings is 3. The van der Waals surface area contributed by atoms with Gasteiger partial charge in [0, 0.05) is 17.5 Å². The van der Waals surface area contributed by atoms with E-state index in [4.69, 9.17) is 9.47 Å². The second kappa shape index (κ2) is 12.0. The van der Waals surface area contributed by atoms with Crippen LogP contribution >= 0.6 is 0 Å². The minimum atomic E-state index is -0.634. The summed E-state index contributed by atoms with van der Waals surface area (Å²) in [6.45, 7) is 9.74. The van der Waals surface area contributed by atoms with Gasteiger partial charge in [0.1, 0.15) is 11.4 Å². The molecule has 1 saturated carbocycles. The highest BCUT2D eigenvalue weighted by Gasteiger charge is 2.38. The molecule has 1 aliphatic rings. The van der Waals surface area contributed by atoms with Crippen LogP contribution in [0.15, 0.2) is 66.7 Å². The van der Waals surface area contributed by atoms with E-state index in [0.29, 0.717) is 17.9 Å². The second-order valence-electron chi connectivity index (χ2n) is 11.2. The first-order valence-corrected chi connectivity index (χ1v) is 13.7. The molecule has 1 amide bonds. The molecule has 3 aromatic rings. The van der Waals surface area contributed by atoms with Crippen LogP contribution < -0.4 is 0 Å². The largest absolute Gasteiger partial charge is 0.463 e. The number of esters is 1. The van der Waals surface area contributed by atoms with Crippen LogP contribution in [-0.2, 0) is 14.3 Å². The Hall–Kier alpha value is -3.67. The summed E-state index contributed by atoms with van der Waals surface area (Å²) < 4.78 is 25.4. The Bertz CT molecular complexity index is 1340. The zero-order valence-corrected chi connectivity index (χ0v) is 23.4. The third-order valence-electron chi connectivity index (χ3n) is 7.28. The summed E-state index contributed by atoms with van der Waals surface area (Å²) in [6, 6.07) is 18.5. The van der Waals surface area contributed by atoms with Crippen LogP contribution in [0, 0.1) is 5.82 Å². The van der Waals surface area contributed by atoms with E-state index in [-0.39, 0.29) is 30.0 Å². The minimum Gasteiger partial charge on any atom is -0.463 e. The third-order valence-corrected chi connectivity index (χ3v) is 7.28. The standard InChI is InChI=1S/C33H38FNO4/c1-6-38-31(36)20-13-23-11-14-24(15-12-23)25-16-17-26(21-25)35(32(37)39-33(3,4)5)22(2)27-18-19-30(34)29-10-8-7-9-28(27)29/h7-15,18-20,22,25-26H,6,16-17,21H2,1-5H3/b20-13+/t22-,25-,26?/m1/s1. The smallest absolute Gasteiger partial charge is 0.411 e. The summed E-state index contributed by atoms with van der Waals surface area (Å²) in [5.41, 5.74) is 2.40. The van der Waals surface area contributed by atoms with E-state index in [1.54, 1.807) is 25.1 Å². The highest BCUT2D eigenvalue weighted by molar-refractivity contribution is 5.87. The van der Waals surface area contributed by atoms with E-state index >= 15 is 0 Å². The van der Waals surface area contributed by atoms with E-state index < -0.39 is 5.60 Å². The Morgan fingerprint density at radius 3 is 2.38 bits per heavy atom. The van der Waals surface area contributed by atoms with Gasteiger partial charge >= 0.3 is 12.1 Å². The maximum absolute atomic E-state index is 14.6. The van der Waals surface area contributed by atoms with Gasteiger partial charge in [-0.15, -0.1) is 0 Å². The molecule has 1 unspecified atom stereocenters. The van der Waals surface area contributed by atoms with Gasteiger partial charge in [0.25, 0.3) is 0 Å². The molecule has 4 rings (SSSR count). The predicted octanol–water partition coefficient (Wildman–Crippen LogP) is 8.19. The zero-order chi connectivity index (χ0) is 28.2. The molecule has 0 saturated heterocycles. The fourth-order valence-corrected chi connectivity index (χ4v) is 5.48. The normalized spacial score (nSPS) is 18.3. The Morgan fingerprint density at radius 1 is 1.03 bits per heavy atom. The van der Waals surface area contributed by atoms with E-state index in [2.05, 4.69) is 12.1 Å². The van der Waals surface area contributed by atoms with Gasteiger partial charge in [0.05, 0.1) is 12.6 Å². The molecule has 0 aliphatic heterocycles. The molecule has 39 heavy (non-hydrogen) atoms. The van der Waals surface area contributed by atoms with Gasteiger partial charge in [0.2, 0.25) is 0 Å². The van der Waals surface area contributed by atoms with Gasteiger partial charge in [-0.2, -0.15) is 0 Å². The summed E-state index contributed by atoms with van der Waals surface area (Å²) in [5.74, 6) is -0.336. The van der Waals surface area contributed by atoms with Crippen LogP contribution in [-0.4, -0.2) is 35.2 Å². The van der Waals surface area contributed by atoms with Gasteiger partial charge in [-0.1, -0.05) is 54.6 Å². The van der Waals surface area contributed by atoms with Crippen molar-refractivity contribution in [3.8, 4) is 0 Å². The van der Waals surface area contributed by atoms with E-state index in [9.17, 15) is 14.0 Å². The number of rotatable bonds is 7. The monoisotopic (exact) mass is 531 g/mol. The maximum Gasteiger partial charge on any atom is 0.411 e. The van der Waals surface area contributed by atoms with Crippen LogP contribution in [0.2, 0.25) is 0 Å². The fraction of sp³-hybridized carbons (Fsp3) is 0.394. The molecule has 206 valence electrons. The highest BCUT2D eigenvalue weighted by Crippen LogP contribution is 2.41. The first-order valence-electron chi connectivity index (χ1n) is 13.7. The Balaban J connectivity index is 1.57. The SMILES string of the molecule is CCOC(=O)/C=C/c1ccc([C@@H]2CCC(N(C(=O)OC(C)(C)C)[C@H](C)c3ccc(F)c4ccccc34)C2)cc1. The Labute approximate surface area is 230 Å². The summed E-state index contributed by atoms with van der Waals surface area (Å²) in [5, 5.41) is 1.35. The van der Waals surface area contributed by atoms with Gasteiger partial charge in [-0.25, -0.2) is 14.0 Å². The topological polar surface area (TPSA) is 55.8 Å². The van der Waals surface area contributed by atoms with E-state index in [1.807, 2.05) is 62.9 Å². The number of fused-ring (bicyclic) bond motifs is 1. The minimum absolute atomic E-state index is 0.0212. The lowest BCUT2D eigenvalue weighted by Gasteiger charge is -2.37. The van der Waals surface area contributed by atoms with Crippen molar-refractivity contribution in [3.63, 3.8) is 0 Å². The molecular formula is C33H38FNO4. The molecule has 0 bridgehead atoms. The lowest BCUT2D eigenvalue weighted by Crippen LogP contribution is -2.44. The predicted molar refractivity (Wildman–Crippen MR) is 153 cm³/mol. The first kappa shape index (κ1) is 28.3. The van der Waals surface area contributed by atoms with Crippen molar-refractivity contribution < 1.29 is 23.5 Å². The van der Waals surface area contributed by atoms with Crippen LogP contribution in [0.1, 0.15) is 82.5 Å². The number of carbonyl (C=O) groups excluding carboxylic acids is 2. The third kappa shape index (κ3) is 6.86. The van der Waals surface area contributed by atoms with Crippen molar-refractivity contribution >= 4 is 28.9 Å². The molecule has 0 aromatic heterocycles. The lowest BCUT2D eigenvalue weighted by atomic mass is 9.95. The molecule has 1 aliphatic carbocycles. The summed E-state index contributed by atoms with van der Waals surface area (Å²) >= 11 is 0. The van der Waals surface area contributed by atoms with Crippen molar-refractivity contribution in [2.75, 3.05) is 6.61 Å². The molecular weight excluding hydrogens is 493 g/mol. The average molecular weight is 532 g/mol. The first-order chi connectivity index (χ1) is 18.6. The fourth-order valence-electron chi connectivity index (χ4n) is 5.48. The summed E-state index contributed by atoms with van der Waals surface area (Å²) in [6.07, 6.45) is 5.42. The van der Waals surface area contributed by atoms with Crippen molar-refractivity contribution in [2.45, 2.75) is 77.5 Å². The highest BCUT2D eigenvalue weighted by atomic mass is 19.1. The average Bonchev–Trinajstić information content (AvgIpc) is 3.37. The molecule has 1 fully saturated rings. The van der Waals surface area contributed by atoms with Gasteiger partial charge < -0.3 is 9.47 Å². The van der Waals surface area contributed by atoms with E-state index in [1.165, 1.54) is 17.7 Å². The lowest BCUT2D eigenvalue weighted by molar-refractivity contribution is -0.137. The number of halogens is 1. The molecule has 3 aromatic carbocycles. The Morgan fingerprint density at radius 2 is 1.72 bits per heavy atom. The second-order valence-corrected chi connectivity index (χ2v) is 11.2. The zero-order valence-electron chi connectivity index (χ0n) is 23.4. The van der Waals surface area contributed by atoms with Crippen molar-refractivity contribution in [3.05, 3.63) is 89.2 Å². The van der Waals surface area contributed by atoms with Crippen LogP contribution in [0.3, 0.4) is 0 Å². The Kier molecular flexibility index (Phi) is 8.73. The molecule has 3 atom stereocenters. The quantitative estimate of drug-likeness (QED) is 0.228. The molecule has 0 spiro atoms. The van der Waals surface area contributed by atoms with Crippen LogP contribution in [0.25, 0.3) is 16.8 Å². The number of hydrogen-bond donors (Lipinski definition) is 0. The number of carbonyl (C=O) groups is 2. The molecule has 6 heteroatoms. The summed E-state index contributed by atoms with van der Waals surface area (Å²) in [7, 11) is 0. The van der Waals surface area contributed by atoms with Gasteiger partial charge in [0.15, 0.2) is 0 Å². The number of hydrogen-bond acceptors (Lipinski definition) is 4. The number of amides is 1. The maximum atomic E-state index is 14.6. The summed E-state index contributed by atoms with van der Waals surface area (Å²) in [4.78, 5) is 27.1. The molecule has 0 radical (unpaired) electrons. The van der Waals surface area contributed by atoms with Crippen molar-refractivity contribution in [1.29, 1.82) is 0 Å². The van der Waals surface area contributed by atoms with Gasteiger partial charge in [-0.05, 0) is 94.0 Å². The van der Waals surface area contributed by atoms with Crippen molar-refractivity contribution in [2.24, 2.45) is 0 Å². The number of ether oxygens (including phenoxy) is 2. The van der Waals surface area contributed by atoms with Gasteiger partial charge in [-0.3, -0.25) is 4.90 Å². The van der Waals surface area contributed by atoms with Crippen LogP contribution in [0.4, 0.5) is 9.18 Å². The molecule has 0 heterocycles.